The van der Waals surface area contributed by atoms with Gasteiger partial charge in [0.2, 0.25) is 0 Å². The minimum atomic E-state index is -0.172. The summed E-state index contributed by atoms with van der Waals surface area (Å²) < 4.78 is 10.9. The van der Waals surface area contributed by atoms with Crippen LogP contribution in [0.5, 0.6) is 0 Å². The van der Waals surface area contributed by atoms with E-state index in [0.717, 1.165) is 12.0 Å². The second-order valence-electron chi connectivity index (χ2n) is 4.68. The number of hydrogen-bond acceptors (Lipinski definition) is 3. The zero-order valence-corrected chi connectivity index (χ0v) is 11.8. The van der Waals surface area contributed by atoms with Crippen molar-refractivity contribution in [3.63, 3.8) is 0 Å². The number of ether oxygens (including phenoxy) is 2. The van der Waals surface area contributed by atoms with E-state index in [4.69, 9.17) is 26.3 Å². The lowest BCUT2D eigenvalue weighted by Crippen LogP contribution is -2.24. The quantitative estimate of drug-likeness (QED) is 0.741. The summed E-state index contributed by atoms with van der Waals surface area (Å²) in [6.45, 7) is 5.09. The molecular formula is C14H18ClNO2. The van der Waals surface area contributed by atoms with Crippen LogP contribution in [-0.2, 0) is 16.1 Å². The second kappa shape index (κ2) is 6.75. The van der Waals surface area contributed by atoms with Crippen LogP contribution in [0.25, 0.3) is 0 Å². The topological polar surface area (TPSA) is 42.2 Å². The Bertz CT molecular complexity index is 438. The van der Waals surface area contributed by atoms with Crippen molar-refractivity contribution in [2.75, 3.05) is 13.7 Å². The van der Waals surface area contributed by atoms with Gasteiger partial charge in [-0.3, -0.25) is 0 Å². The molecule has 18 heavy (non-hydrogen) atoms. The van der Waals surface area contributed by atoms with Gasteiger partial charge in [0.1, 0.15) is 0 Å². The third-order valence-electron chi connectivity index (χ3n) is 2.84. The van der Waals surface area contributed by atoms with Crippen LogP contribution in [-0.4, -0.2) is 19.3 Å². The van der Waals surface area contributed by atoms with Crippen molar-refractivity contribution in [2.24, 2.45) is 0 Å². The Kier molecular flexibility index (Phi) is 5.61. The van der Waals surface area contributed by atoms with Gasteiger partial charge in [-0.2, -0.15) is 5.26 Å². The van der Waals surface area contributed by atoms with Crippen LogP contribution in [0.1, 0.15) is 31.4 Å². The Morgan fingerprint density at radius 2 is 2.11 bits per heavy atom. The van der Waals surface area contributed by atoms with Gasteiger partial charge in [0.15, 0.2) is 0 Å². The highest BCUT2D eigenvalue weighted by atomic mass is 35.5. The van der Waals surface area contributed by atoms with Gasteiger partial charge in [-0.1, -0.05) is 17.7 Å². The standard InChI is InChI=1S/C14H18ClNO2/c1-14(2,17-3)6-7-18-10-12-5-4-11(9-16)8-13(12)15/h4-5,8H,6-7,10H2,1-3H3. The fraction of sp³-hybridized carbons (Fsp3) is 0.500. The third kappa shape index (κ3) is 4.66. The molecule has 4 heteroatoms. The number of rotatable bonds is 6. The predicted molar refractivity (Wildman–Crippen MR) is 71.5 cm³/mol. The number of nitriles is 1. The van der Waals surface area contributed by atoms with Crippen molar-refractivity contribution < 1.29 is 9.47 Å². The van der Waals surface area contributed by atoms with Crippen LogP contribution < -0.4 is 0 Å². The minimum absolute atomic E-state index is 0.172. The minimum Gasteiger partial charge on any atom is -0.379 e. The van der Waals surface area contributed by atoms with Gasteiger partial charge in [0, 0.05) is 18.7 Å². The summed E-state index contributed by atoms with van der Waals surface area (Å²) in [5.74, 6) is 0. The first-order valence-electron chi connectivity index (χ1n) is 5.80. The smallest absolute Gasteiger partial charge is 0.0992 e. The van der Waals surface area contributed by atoms with E-state index >= 15 is 0 Å². The van der Waals surface area contributed by atoms with Crippen molar-refractivity contribution in [1.29, 1.82) is 5.26 Å². The van der Waals surface area contributed by atoms with E-state index in [9.17, 15) is 0 Å². The Labute approximate surface area is 113 Å². The molecule has 3 nitrogen and oxygen atoms in total. The summed E-state index contributed by atoms with van der Waals surface area (Å²) in [4.78, 5) is 0. The van der Waals surface area contributed by atoms with Gasteiger partial charge < -0.3 is 9.47 Å². The zero-order valence-electron chi connectivity index (χ0n) is 11.0. The molecule has 0 spiro atoms. The fourth-order valence-electron chi connectivity index (χ4n) is 1.34. The molecule has 0 unspecified atom stereocenters. The molecular weight excluding hydrogens is 250 g/mol. The number of halogens is 1. The number of methoxy groups -OCH3 is 1. The summed E-state index contributed by atoms with van der Waals surface area (Å²) in [5.41, 5.74) is 1.28. The van der Waals surface area contributed by atoms with E-state index in [0.29, 0.717) is 23.8 Å². The first-order chi connectivity index (χ1) is 8.48. The molecule has 0 aliphatic carbocycles. The van der Waals surface area contributed by atoms with Gasteiger partial charge in [0.25, 0.3) is 0 Å². The third-order valence-corrected chi connectivity index (χ3v) is 3.19. The molecule has 0 heterocycles. The number of nitrogens with zero attached hydrogens (tertiary/aromatic N) is 1. The maximum absolute atomic E-state index is 8.73. The van der Waals surface area contributed by atoms with Crippen LogP contribution >= 0.6 is 11.6 Å². The predicted octanol–water partition coefficient (Wildman–Crippen LogP) is 3.54. The van der Waals surface area contributed by atoms with E-state index in [1.54, 1.807) is 19.2 Å². The highest BCUT2D eigenvalue weighted by molar-refractivity contribution is 6.31. The first-order valence-corrected chi connectivity index (χ1v) is 6.18. The normalized spacial score (nSPS) is 11.3. The summed E-state index contributed by atoms with van der Waals surface area (Å²) in [5, 5.41) is 9.30. The number of hydrogen-bond donors (Lipinski definition) is 0. The van der Waals surface area contributed by atoms with Gasteiger partial charge in [0.05, 0.1) is 23.8 Å². The lowest BCUT2D eigenvalue weighted by Gasteiger charge is -2.22. The summed E-state index contributed by atoms with van der Waals surface area (Å²) in [6.07, 6.45) is 0.817. The fourth-order valence-corrected chi connectivity index (χ4v) is 1.57. The van der Waals surface area contributed by atoms with Crippen LogP contribution in [0.3, 0.4) is 0 Å². The maximum atomic E-state index is 8.73. The summed E-state index contributed by atoms with van der Waals surface area (Å²) in [6, 6.07) is 7.26. The Morgan fingerprint density at radius 3 is 2.67 bits per heavy atom. The molecule has 0 bridgehead atoms. The van der Waals surface area contributed by atoms with E-state index in [2.05, 4.69) is 0 Å². The first kappa shape index (κ1) is 15.0. The average molecular weight is 268 g/mol. The average Bonchev–Trinajstić information content (AvgIpc) is 2.36. The molecule has 0 aliphatic rings. The van der Waals surface area contributed by atoms with E-state index in [-0.39, 0.29) is 5.60 Å². The molecule has 0 aromatic heterocycles. The van der Waals surface area contributed by atoms with Crippen LogP contribution in [0, 0.1) is 11.3 Å². The second-order valence-corrected chi connectivity index (χ2v) is 5.09. The molecule has 0 fully saturated rings. The highest BCUT2D eigenvalue weighted by Gasteiger charge is 2.15. The Balaban J connectivity index is 2.43. The molecule has 0 aliphatic heterocycles. The molecule has 0 saturated carbocycles. The van der Waals surface area contributed by atoms with Gasteiger partial charge >= 0.3 is 0 Å². The molecule has 0 N–H and O–H groups in total. The van der Waals surface area contributed by atoms with Gasteiger partial charge in [-0.25, -0.2) is 0 Å². The highest BCUT2D eigenvalue weighted by Crippen LogP contribution is 2.19. The van der Waals surface area contributed by atoms with Crippen molar-refractivity contribution in [2.45, 2.75) is 32.5 Å². The van der Waals surface area contributed by atoms with Crippen LogP contribution in [0.15, 0.2) is 18.2 Å². The van der Waals surface area contributed by atoms with Gasteiger partial charge in [-0.15, -0.1) is 0 Å². The largest absolute Gasteiger partial charge is 0.379 e. The summed E-state index contributed by atoms with van der Waals surface area (Å²) in [7, 11) is 1.69. The van der Waals surface area contributed by atoms with Crippen molar-refractivity contribution in [3.05, 3.63) is 34.3 Å². The van der Waals surface area contributed by atoms with Gasteiger partial charge in [-0.05, 0) is 38.0 Å². The van der Waals surface area contributed by atoms with E-state index in [1.807, 2.05) is 26.0 Å². The maximum Gasteiger partial charge on any atom is 0.0992 e. The van der Waals surface area contributed by atoms with Crippen molar-refractivity contribution >= 4 is 11.6 Å². The molecule has 1 aromatic rings. The molecule has 0 atom stereocenters. The lowest BCUT2D eigenvalue weighted by atomic mass is 10.1. The van der Waals surface area contributed by atoms with Crippen molar-refractivity contribution in [3.8, 4) is 6.07 Å². The SMILES string of the molecule is COC(C)(C)CCOCc1ccc(C#N)cc1Cl. The summed E-state index contributed by atoms with van der Waals surface area (Å²) >= 11 is 6.05. The van der Waals surface area contributed by atoms with E-state index < -0.39 is 0 Å². The Hall–Kier alpha value is -1.08. The number of benzene rings is 1. The molecule has 98 valence electrons. The molecule has 1 rings (SSSR count). The van der Waals surface area contributed by atoms with Crippen LogP contribution in [0.2, 0.25) is 5.02 Å². The lowest BCUT2D eigenvalue weighted by molar-refractivity contribution is -0.0124. The molecule has 0 radical (unpaired) electrons. The molecule has 1 aromatic carbocycles. The monoisotopic (exact) mass is 267 g/mol. The van der Waals surface area contributed by atoms with E-state index in [1.165, 1.54) is 0 Å². The molecule has 0 saturated heterocycles. The van der Waals surface area contributed by atoms with Crippen molar-refractivity contribution in [1.82, 2.24) is 0 Å². The zero-order chi connectivity index (χ0) is 13.6. The molecule has 0 amide bonds. The Morgan fingerprint density at radius 1 is 1.39 bits per heavy atom. The van der Waals surface area contributed by atoms with Crippen LogP contribution in [0.4, 0.5) is 0 Å².